The summed E-state index contributed by atoms with van der Waals surface area (Å²) in [7, 11) is 0. The van der Waals surface area contributed by atoms with Gasteiger partial charge in [0.1, 0.15) is 5.65 Å². The van der Waals surface area contributed by atoms with Crippen molar-refractivity contribution in [2.45, 2.75) is 13.5 Å². The Balaban J connectivity index is 0.00000243. The molecule has 0 aromatic carbocycles. The molecule has 0 spiro atoms. The van der Waals surface area contributed by atoms with Crippen molar-refractivity contribution in [1.29, 1.82) is 0 Å². The summed E-state index contributed by atoms with van der Waals surface area (Å²) in [4.78, 5) is 11.6. The van der Waals surface area contributed by atoms with Crippen LogP contribution in [-0.2, 0) is 11.3 Å². The van der Waals surface area contributed by atoms with Crippen molar-refractivity contribution in [3.8, 4) is 0 Å². The van der Waals surface area contributed by atoms with Crippen LogP contribution in [0.4, 0.5) is 0 Å². The molecule has 0 unspecified atom stereocenters. The number of morpholine rings is 1. The van der Waals surface area contributed by atoms with Gasteiger partial charge in [0, 0.05) is 49.6 Å². The van der Waals surface area contributed by atoms with E-state index in [2.05, 4.69) is 48.4 Å². The highest BCUT2D eigenvalue weighted by Crippen LogP contribution is 2.12. The summed E-state index contributed by atoms with van der Waals surface area (Å²) >= 11 is 3.48. The molecule has 0 aliphatic carbocycles. The lowest BCUT2D eigenvalue weighted by molar-refractivity contribution is 0.0389. The van der Waals surface area contributed by atoms with Gasteiger partial charge < -0.3 is 19.8 Å². The number of ether oxygens (including phenoxy) is 1. The average Bonchev–Trinajstić information content (AvgIpc) is 3.02. The van der Waals surface area contributed by atoms with Gasteiger partial charge in [-0.2, -0.15) is 0 Å². The van der Waals surface area contributed by atoms with Crippen molar-refractivity contribution in [2.75, 3.05) is 45.9 Å². The molecule has 2 N–H and O–H groups in total. The zero-order valence-corrected chi connectivity index (χ0v) is 18.9. The molecule has 7 nitrogen and oxygen atoms in total. The van der Waals surface area contributed by atoms with Crippen LogP contribution in [0.2, 0.25) is 0 Å². The first-order valence-electron chi connectivity index (χ1n) is 8.70. The van der Waals surface area contributed by atoms with Gasteiger partial charge in [0.15, 0.2) is 5.96 Å². The number of rotatable bonds is 6. The number of aliphatic imine (C=N–C) groups is 1. The number of guanidine groups is 1. The average molecular weight is 537 g/mol. The van der Waals surface area contributed by atoms with Gasteiger partial charge in [0.2, 0.25) is 0 Å². The molecular formula is C17H26BrIN6O. The molecule has 0 amide bonds. The fourth-order valence-corrected chi connectivity index (χ4v) is 3.11. The maximum Gasteiger partial charge on any atom is 0.191 e. The molecule has 3 rings (SSSR count). The minimum Gasteiger partial charge on any atom is -0.379 e. The third-order valence-corrected chi connectivity index (χ3v) is 4.50. The van der Waals surface area contributed by atoms with E-state index in [0.717, 1.165) is 67.7 Å². The Hall–Kier alpha value is -0.910. The molecule has 144 valence electrons. The molecule has 1 saturated heterocycles. The predicted octanol–water partition coefficient (Wildman–Crippen LogP) is 2.10. The Labute approximate surface area is 179 Å². The topological polar surface area (TPSA) is 66.2 Å². The van der Waals surface area contributed by atoms with E-state index in [1.54, 1.807) is 0 Å². The zero-order valence-electron chi connectivity index (χ0n) is 14.9. The minimum atomic E-state index is 0. The van der Waals surface area contributed by atoms with Crippen molar-refractivity contribution in [2.24, 2.45) is 4.99 Å². The van der Waals surface area contributed by atoms with Crippen LogP contribution in [0.1, 0.15) is 12.6 Å². The molecule has 0 radical (unpaired) electrons. The molecule has 9 heteroatoms. The maximum atomic E-state index is 5.38. The van der Waals surface area contributed by atoms with E-state index in [4.69, 9.17) is 4.74 Å². The van der Waals surface area contributed by atoms with E-state index in [1.807, 2.05) is 28.9 Å². The van der Waals surface area contributed by atoms with Crippen LogP contribution in [0.15, 0.2) is 34.0 Å². The van der Waals surface area contributed by atoms with E-state index < -0.39 is 0 Å². The summed E-state index contributed by atoms with van der Waals surface area (Å²) in [5, 5.41) is 6.68. The lowest BCUT2D eigenvalue weighted by atomic mass is 10.4. The van der Waals surface area contributed by atoms with E-state index in [0.29, 0.717) is 6.54 Å². The first-order chi connectivity index (χ1) is 12.2. The lowest BCUT2D eigenvalue weighted by Crippen LogP contribution is -2.44. The van der Waals surface area contributed by atoms with Gasteiger partial charge in [-0.1, -0.05) is 0 Å². The summed E-state index contributed by atoms with van der Waals surface area (Å²) in [6.07, 6.45) is 4.02. The number of hydrogen-bond donors (Lipinski definition) is 2. The number of pyridine rings is 1. The first-order valence-corrected chi connectivity index (χ1v) is 9.49. The highest BCUT2D eigenvalue weighted by atomic mass is 127. The Morgan fingerprint density at radius 3 is 2.85 bits per heavy atom. The Kier molecular flexibility index (Phi) is 9.09. The van der Waals surface area contributed by atoms with Crippen LogP contribution in [0.3, 0.4) is 0 Å². The van der Waals surface area contributed by atoms with Gasteiger partial charge in [-0.3, -0.25) is 4.90 Å². The maximum absolute atomic E-state index is 5.38. The van der Waals surface area contributed by atoms with E-state index in [-0.39, 0.29) is 24.0 Å². The molecule has 26 heavy (non-hydrogen) atoms. The van der Waals surface area contributed by atoms with Crippen LogP contribution in [0.5, 0.6) is 0 Å². The fraction of sp³-hybridized carbons (Fsp3) is 0.529. The van der Waals surface area contributed by atoms with Crippen LogP contribution >= 0.6 is 39.9 Å². The Morgan fingerprint density at radius 1 is 1.27 bits per heavy atom. The van der Waals surface area contributed by atoms with Gasteiger partial charge in [-0.25, -0.2) is 9.98 Å². The summed E-state index contributed by atoms with van der Waals surface area (Å²) in [5.74, 6) is 0.828. The molecule has 0 bridgehead atoms. The summed E-state index contributed by atoms with van der Waals surface area (Å²) in [5.41, 5.74) is 1.88. The SMILES string of the molecule is CCNC(=NCc1cn2cc(Br)ccc2n1)NCCN1CCOCC1.I. The zero-order chi connectivity index (χ0) is 17.5. The minimum absolute atomic E-state index is 0. The number of imidazole rings is 1. The Morgan fingerprint density at radius 2 is 2.08 bits per heavy atom. The van der Waals surface area contributed by atoms with Crippen molar-refractivity contribution < 1.29 is 4.74 Å². The van der Waals surface area contributed by atoms with Crippen LogP contribution in [0.25, 0.3) is 5.65 Å². The lowest BCUT2D eigenvalue weighted by Gasteiger charge is -2.26. The van der Waals surface area contributed by atoms with E-state index in [1.165, 1.54) is 0 Å². The number of halogens is 2. The fourth-order valence-electron chi connectivity index (χ4n) is 2.75. The molecule has 1 aliphatic rings. The number of nitrogens with one attached hydrogen (secondary N) is 2. The van der Waals surface area contributed by atoms with Gasteiger partial charge in [-0.05, 0) is 35.0 Å². The van der Waals surface area contributed by atoms with Gasteiger partial charge in [0.25, 0.3) is 0 Å². The second-order valence-electron chi connectivity index (χ2n) is 5.92. The molecule has 2 aromatic heterocycles. The Bertz CT molecular complexity index is 716. The van der Waals surface area contributed by atoms with E-state index >= 15 is 0 Å². The molecule has 0 saturated carbocycles. The second-order valence-corrected chi connectivity index (χ2v) is 6.84. The molecule has 1 fully saturated rings. The smallest absolute Gasteiger partial charge is 0.191 e. The summed E-state index contributed by atoms with van der Waals surface area (Å²) < 4.78 is 8.42. The largest absolute Gasteiger partial charge is 0.379 e. The van der Waals surface area contributed by atoms with Crippen LogP contribution < -0.4 is 10.6 Å². The number of nitrogens with zero attached hydrogens (tertiary/aromatic N) is 4. The highest BCUT2D eigenvalue weighted by Gasteiger charge is 2.09. The number of hydrogen-bond acceptors (Lipinski definition) is 4. The first kappa shape index (κ1) is 21.4. The molecule has 0 atom stereocenters. The molecular weight excluding hydrogens is 511 g/mol. The molecule has 2 aromatic rings. The third kappa shape index (κ3) is 6.36. The van der Waals surface area contributed by atoms with Gasteiger partial charge in [-0.15, -0.1) is 24.0 Å². The van der Waals surface area contributed by atoms with Gasteiger partial charge in [0.05, 0.1) is 25.5 Å². The van der Waals surface area contributed by atoms with Crippen LogP contribution in [-0.4, -0.2) is 66.2 Å². The second kappa shape index (κ2) is 11.1. The van der Waals surface area contributed by atoms with Gasteiger partial charge >= 0.3 is 0 Å². The number of fused-ring (bicyclic) bond motifs is 1. The monoisotopic (exact) mass is 536 g/mol. The van der Waals surface area contributed by atoms with E-state index in [9.17, 15) is 0 Å². The normalized spacial score (nSPS) is 15.7. The third-order valence-electron chi connectivity index (χ3n) is 4.03. The predicted molar refractivity (Wildman–Crippen MR) is 118 cm³/mol. The van der Waals surface area contributed by atoms with Crippen molar-refractivity contribution in [1.82, 2.24) is 24.9 Å². The van der Waals surface area contributed by atoms with Crippen molar-refractivity contribution >= 4 is 51.5 Å². The molecule has 1 aliphatic heterocycles. The standard InChI is InChI=1S/C17H25BrN6O.HI/c1-2-19-17(20-5-6-23-7-9-25-10-8-23)21-11-15-13-24-12-14(18)3-4-16(24)22-15;/h3-4,12-13H,2,5-11H2,1H3,(H2,19,20,21);1H. The van der Waals surface area contributed by atoms with Crippen molar-refractivity contribution in [3.63, 3.8) is 0 Å². The number of aromatic nitrogens is 2. The summed E-state index contributed by atoms with van der Waals surface area (Å²) in [6, 6.07) is 3.98. The highest BCUT2D eigenvalue weighted by molar-refractivity contribution is 14.0. The summed E-state index contributed by atoms with van der Waals surface area (Å²) in [6.45, 7) is 8.99. The quantitative estimate of drug-likeness (QED) is 0.336. The van der Waals surface area contributed by atoms with Crippen LogP contribution in [0, 0.1) is 0 Å². The molecule has 3 heterocycles. The van der Waals surface area contributed by atoms with Crippen molar-refractivity contribution in [3.05, 3.63) is 34.7 Å².